The van der Waals surface area contributed by atoms with E-state index >= 15 is 0 Å². The maximum Gasteiger partial charge on any atom is 0.145 e. The Bertz CT molecular complexity index is 2330. The number of rotatable bonds is 5. The normalized spacial score (nSPS) is 13.3. The van der Waals surface area contributed by atoms with Crippen LogP contribution in [-0.2, 0) is 6.42 Å². The zero-order chi connectivity index (χ0) is 30.3. The Hall–Kier alpha value is -5.47. The van der Waals surface area contributed by atoms with E-state index in [0.717, 1.165) is 41.0 Å². The molecule has 0 aliphatic heterocycles. The highest BCUT2D eigenvalue weighted by Gasteiger charge is 2.22. The Morgan fingerprint density at radius 2 is 1.40 bits per heavy atom. The van der Waals surface area contributed by atoms with Crippen LogP contribution < -0.4 is 0 Å². The van der Waals surface area contributed by atoms with Gasteiger partial charge in [0.05, 0.1) is 11.0 Å². The minimum atomic E-state index is 0.961. The summed E-state index contributed by atoms with van der Waals surface area (Å²) >= 11 is 0. The molecule has 45 heavy (non-hydrogen) atoms. The summed E-state index contributed by atoms with van der Waals surface area (Å²) in [5.41, 5.74) is 12.3. The molecule has 1 aliphatic carbocycles. The second kappa shape index (κ2) is 11.2. The first-order chi connectivity index (χ1) is 22.2. The molecule has 0 N–H and O–H groups in total. The van der Waals surface area contributed by atoms with Crippen LogP contribution in [0.25, 0.3) is 78.0 Å². The van der Waals surface area contributed by atoms with Crippen molar-refractivity contribution in [3.8, 4) is 33.6 Å². The van der Waals surface area contributed by atoms with E-state index in [1.54, 1.807) is 0 Å². The van der Waals surface area contributed by atoms with E-state index in [9.17, 15) is 0 Å². The van der Waals surface area contributed by atoms with Gasteiger partial charge in [-0.15, -0.1) is 0 Å². The van der Waals surface area contributed by atoms with Gasteiger partial charge in [-0.3, -0.25) is 4.57 Å². The smallest absolute Gasteiger partial charge is 0.145 e. The minimum Gasteiger partial charge on any atom is -0.296 e. The van der Waals surface area contributed by atoms with Crippen LogP contribution in [0.4, 0.5) is 0 Å². The fraction of sp³-hybridized carbons (Fsp3) is 0.0930. The van der Waals surface area contributed by atoms with Gasteiger partial charge in [-0.25, -0.2) is 4.98 Å². The van der Waals surface area contributed by atoms with Gasteiger partial charge in [0.1, 0.15) is 5.82 Å². The monoisotopic (exact) mass is 578 g/mol. The molecule has 0 saturated carbocycles. The lowest BCUT2D eigenvalue weighted by Crippen LogP contribution is -2.02. The summed E-state index contributed by atoms with van der Waals surface area (Å²) < 4.78 is 2.27. The highest BCUT2D eigenvalue weighted by atomic mass is 15.1. The molecule has 0 atom stereocenters. The first kappa shape index (κ1) is 27.1. The van der Waals surface area contributed by atoms with Gasteiger partial charge in [-0.1, -0.05) is 121 Å². The second-order valence-corrected chi connectivity index (χ2v) is 11.9. The Balaban J connectivity index is 1.31. The van der Waals surface area contributed by atoms with Crippen LogP contribution in [0.1, 0.15) is 31.4 Å². The molecule has 0 bridgehead atoms. The number of imidazole rings is 1. The zero-order valence-corrected chi connectivity index (χ0v) is 25.7. The molecule has 2 heteroatoms. The van der Waals surface area contributed by atoms with E-state index in [1.807, 2.05) is 6.92 Å². The Morgan fingerprint density at radius 3 is 2.22 bits per heavy atom. The van der Waals surface area contributed by atoms with Crippen molar-refractivity contribution in [2.45, 2.75) is 26.7 Å². The zero-order valence-electron chi connectivity index (χ0n) is 25.7. The number of fused-ring (bicyclic) bond motifs is 4. The molecular weight excluding hydrogens is 544 g/mol. The molecule has 216 valence electrons. The number of hydrogen-bond donors (Lipinski definition) is 0. The number of aromatic nitrogens is 2. The van der Waals surface area contributed by atoms with Crippen molar-refractivity contribution in [1.29, 1.82) is 0 Å². The van der Waals surface area contributed by atoms with Gasteiger partial charge < -0.3 is 0 Å². The Morgan fingerprint density at radius 1 is 0.711 bits per heavy atom. The minimum absolute atomic E-state index is 0.961. The van der Waals surface area contributed by atoms with Crippen molar-refractivity contribution >= 4 is 44.4 Å². The molecule has 6 aromatic carbocycles. The molecule has 1 heterocycles. The van der Waals surface area contributed by atoms with Crippen LogP contribution in [0.3, 0.4) is 0 Å². The fourth-order valence-corrected chi connectivity index (χ4v) is 7.04. The van der Waals surface area contributed by atoms with E-state index in [0.29, 0.717) is 0 Å². The van der Waals surface area contributed by atoms with Crippen molar-refractivity contribution in [3.05, 3.63) is 151 Å². The molecule has 0 unspecified atom stereocenters. The predicted molar refractivity (Wildman–Crippen MR) is 193 cm³/mol. The Labute approximate surface area is 264 Å². The van der Waals surface area contributed by atoms with Gasteiger partial charge in [0.25, 0.3) is 0 Å². The third-order valence-corrected chi connectivity index (χ3v) is 9.12. The van der Waals surface area contributed by atoms with Crippen molar-refractivity contribution in [1.82, 2.24) is 9.55 Å². The maximum atomic E-state index is 5.09. The van der Waals surface area contributed by atoms with Gasteiger partial charge in [0.15, 0.2) is 0 Å². The summed E-state index contributed by atoms with van der Waals surface area (Å²) in [5.74, 6) is 0.961. The summed E-state index contributed by atoms with van der Waals surface area (Å²) in [4.78, 5) is 5.09. The highest BCUT2D eigenvalue weighted by Crippen LogP contribution is 2.45. The lowest BCUT2D eigenvalue weighted by atomic mass is 9.80. The van der Waals surface area contributed by atoms with Gasteiger partial charge >= 0.3 is 0 Å². The molecule has 0 saturated heterocycles. The molecular formula is C43H34N2. The molecule has 1 aromatic heterocycles. The van der Waals surface area contributed by atoms with Crippen LogP contribution in [0.2, 0.25) is 0 Å². The molecule has 8 rings (SSSR count). The summed E-state index contributed by atoms with van der Waals surface area (Å²) in [6.07, 6.45) is 13.1. The van der Waals surface area contributed by atoms with Crippen LogP contribution in [0.5, 0.6) is 0 Å². The number of benzene rings is 6. The topological polar surface area (TPSA) is 17.8 Å². The number of hydrogen-bond acceptors (Lipinski definition) is 1. The molecule has 2 nitrogen and oxygen atoms in total. The average Bonchev–Trinajstić information content (AvgIpc) is 3.49. The Kier molecular flexibility index (Phi) is 6.76. The summed E-state index contributed by atoms with van der Waals surface area (Å²) in [7, 11) is 0. The van der Waals surface area contributed by atoms with Crippen molar-refractivity contribution in [2.24, 2.45) is 0 Å². The van der Waals surface area contributed by atoms with Crippen LogP contribution in [0.15, 0.2) is 140 Å². The summed E-state index contributed by atoms with van der Waals surface area (Å²) in [6, 6.07) is 41.9. The number of para-hydroxylation sites is 2. The van der Waals surface area contributed by atoms with Crippen molar-refractivity contribution in [3.63, 3.8) is 0 Å². The summed E-state index contributed by atoms with van der Waals surface area (Å²) in [6.45, 7) is 4.19. The van der Waals surface area contributed by atoms with E-state index in [2.05, 4.69) is 157 Å². The molecule has 0 fully saturated rings. The molecule has 0 amide bonds. The number of allylic oxidation sites excluding steroid dienone is 5. The third kappa shape index (κ3) is 4.62. The van der Waals surface area contributed by atoms with Crippen molar-refractivity contribution in [2.75, 3.05) is 0 Å². The van der Waals surface area contributed by atoms with Crippen LogP contribution >= 0.6 is 0 Å². The third-order valence-electron chi connectivity index (χ3n) is 9.12. The number of nitrogens with zero attached hydrogens (tertiary/aromatic N) is 2. The van der Waals surface area contributed by atoms with Gasteiger partial charge in [0.2, 0.25) is 0 Å². The molecule has 7 aromatic rings. The largest absolute Gasteiger partial charge is 0.296 e. The van der Waals surface area contributed by atoms with Gasteiger partial charge in [-0.05, 0) is 106 Å². The second-order valence-electron chi connectivity index (χ2n) is 11.9. The first-order valence-corrected chi connectivity index (χ1v) is 15.8. The highest BCUT2D eigenvalue weighted by molar-refractivity contribution is 6.10. The van der Waals surface area contributed by atoms with Crippen LogP contribution in [0, 0.1) is 0 Å². The predicted octanol–water partition coefficient (Wildman–Crippen LogP) is 11.7. The molecule has 0 radical (unpaired) electrons. The first-order valence-electron chi connectivity index (χ1n) is 15.8. The average molecular weight is 579 g/mol. The maximum absolute atomic E-state index is 5.09. The fourth-order valence-electron chi connectivity index (χ4n) is 7.04. The van der Waals surface area contributed by atoms with Gasteiger partial charge in [-0.2, -0.15) is 0 Å². The van der Waals surface area contributed by atoms with E-state index in [-0.39, 0.29) is 0 Å². The van der Waals surface area contributed by atoms with Crippen LogP contribution in [-0.4, -0.2) is 9.55 Å². The van der Waals surface area contributed by atoms with E-state index in [4.69, 9.17) is 4.98 Å². The van der Waals surface area contributed by atoms with Gasteiger partial charge in [0, 0.05) is 11.3 Å². The lowest BCUT2D eigenvalue weighted by Gasteiger charge is -2.24. The van der Waals surface area contributed by atoms with E-state index < -0.39 is 0 Å². The lowest BCUT2D eigenvalue weighted by molar-refractivity contribution is 0.991. The molecule has 1 aliphatic rings. The molecule has 0 spiro atoms. The van der Waals surface area contributed by atoms with E-state index in [1.165, 1.54) is 54.9 Å². The quantitative estimate of drug-likeness (QED) is 0.186. The SMILES string of the molecule is C/C=C\C=C(/C)n1c(-c2ccc(-c3c4c(c(-c5ccc6ccccc6c5)c5ccccc35)C=CCC4)cc2)nc2ccccc21. The standard InChI is InChI=1S/C43H34N2/c1-3-4-13-29(2)45-40-21-12-11-20-39(40)44-43(45)32-25-23-31(24-26-32)41-35-16-7-9-18-37(35)42(38-19-10-8-17-36(38)41)34-27-22-30-14-5-6-15-33(30)28-34/h3-7,9-16,18-28H,8,17H2,1-2H3/b4-3-,29-13+. The summed E-state index contributed by atoms with van der Waals surface area (Å²) in [5, 5.41) is 5.14. The van der Waals surface area contributed by atoms with Crippen molar-refractivity contribution < 1.29 is 0 Å².